The number of aliphatic hydroxyl groups excluding tert-OH is 1. The topological polar surface area (TPSA) is 66.2 Å². The molecule has 3 rings (SSSR count). The van der Waals surface area contributed by atoms with Gasteiger partial charge in [0.15, 0.2) is 11.5 Å². The lowest BCUT2D eigenvalue weighted by atomic mass is 10.2. The second-order valence-electron chi connectivity index (χ2n) is 8.94. The van der Waals surface area contributed by atoms with Crippen molar-refractivity contribution < 1.29 is 14.6 Å². The highest BCUT2D eigenvalue weighted by Crippen LogP contribution is 2.28. The van der Waals surface area contributed by atoms with Crippen LogP contribution in [0.3, 0.4) is 0 Å². The largest absolute Gasteiger partial charge is 0.493 e. The highest BCUT2D eigenvalue weighted by molar-refractivity contribution is 5.43. The first-order valence-electron chi connectivity index (χ1n) is 11.4. The number of nitrogens with zero attached hydrogens (tertiary/aromatic N) is 5. The van der Waals surface area contributed by atoms with Gasteiger partial charge < -0.3 is 24.4 Å². The van der Waals surface area contributed by atoms with Crippen LogP contribution < -0.4 is 9.47 Å². The summed E-state index contributed by atoms with van der Waals surface area (Å²) in [7, 11) is 5.88. The number of methoxy groups -OCH3 is 1. The number of aliphatic hydroxyl groups is 1. The number of aryl methyl sites for hydroxylation is 2. The van der Waals surface area contributed by atoms with Gasteiger partial charge in [0, 0.05) is 51.5 Å². The van der Waals surface area contributed by atoms with Crippen LogP contribution in [0.2, 0.25) is 0 Å². The number of ether oxygens (including phenoxy) is 2. The first kappa shape index (κ1) is 24.5. The van der Waals surface area contributed by atoms with E-state index < -0.39 is 6.10 Å². The van der Waals surface area contributed by atoms with Gasteiger partial charge in [-0.25, -0.2) is 0 Å². The van der Waals surface area contributed by atoms with E-state index in [1.807, 2.05) is 19.1 Å². The smallest absolute Gasteiger partial charge is 0.161 e. The minimum Gasteiger partial charge on any atom is -0.493 e. The molecule has 1 N–H and O–H groups in total. The standard InChI is InChI=1S/C24H39N5O3/c1-19-14-20(2)29(25-19)13-10-27(4)16-21-6-7-23(31-5)24(15-21)32-18-22(30)17-28-11-8-26(3)9-12-28/h6-7,14-15,22,30H,8-13,16-18H2,1-5H3. The molecule has 178 valence electrons. The monoisotopic (exact) mass is 445 g/mol. The Hall–Kier alpha value is -2.13. The van der Waals surface area contributed by atoms with Gasteiger partial charge in [0.05, 0.1) is 19.3 Å². The lowest BCUT2D eigenvalue weighted by molar-refractivity contribution is 0.0497. The van der Waals surface area contributed by atoms with E-state index in [1.165, 1.54) is 5.69 Å². The van der Waals surface area contributed by atoms with Crippen molar-refractivity contribution in [1.29, 1.82) is 0 Å². The van der Waals surface area contributed by atoms with Gasteiger partial charge in [0.1, 0.15) is 12.7 Å². The van der Waals surface area contributed by atoms with Crippen molar-refractivity contribution in [2.24, 2.45) is 0 Å². The lowest BCUT2D eigenvalue weighted by Gasteiger charge is -2.33. The molecule has 1 saturated heterocycles. The molecule has 0 aliphatic carbocycles. The highest BCUT2D eigenvalue weighted by Gasteiger charge is 2.18. The molecule has 1 aromatic carbocycles. The van der Waals surface area contributed by atoms with Crippen molar-refractivity contribution in [1.82, 2.24) is 24.5 Å². The molecule has 0 saturated carbocycles. The van der Waals surface area contributed by atoms with E-state index in [0.717, 1.165) is 57.1 Å². The molecule has 1 aliphatic heterocycles. The fourth-order valence-electron chi connectivity index (χ4n) is 4.06. The molecule has 1 atom stereocenters. The van der Waals surface area contributed by atoms with Crippen LogP contribution in [0.15, 0.2) is 24.3 Å². The number of aromatic nitrogens is 2. The zero-order chi connectivity index (χ0) is 23.1. The Morgan fingerprint density at radius 3 is 2.53 bits per heavy atom. The van der Waals surface area contributed by atoms with E-state index in [9.17, 15) is 5.11 Å². The number of piperazine rings is 1. The Morgan fingerprint density at radius 2 is 1.88 bits per heavy atom. The Balaban J connectivity index is 1.51. The zero-order valence-electron chi connectivity index (χ0n) is 20.3. The quantitative estimate of drug-likeness (QED) is 0.564. The van der Waals surface area contributed by atoms with E-state index in [-0.39, 0.29) is 6.61 Å². The van der Waals surface area contributed by atoms with Crippen LogP contribution in [-0.4, -0.2) is 103 Å². The molecule has 2 heterocycles. The maximum Gasteiger partial charge on any atom is 0.161 e. The molecule has 32 heavy (non-hydrogen) atoms. The van der Waals surface area contributed by atoms with Gasteiger partial charge in [-0.1, -0.05) is 6.07 Å². The van der Waals surface area contributed by atoms with Crippen LogP contribution in [-0.2, 0) is 13.1 Å². The molecule has 0 bridgehead atoms. The number of β-amino-alcohol motifs (C(OH)–C–C–N with tert-alkyl or cyclic N) is 1. The molecular formula is C24H39N5O3. The van der Waals surface area contributed by atoms with E-state index in [1.54, 1.807) is 7.11 Å². The maximum atomic E-state index is 10.5. The molecule has 0 spiro atoms. The van der Waals surface area contributed by atoms with Gasteiger partial charge in [-0.2, -0.15) is 5.10 Å². The van der Waals surface area contributed by atoms with E-state index in [0.29, 0.717) is 18.0 Å². The van der Waals surface area contributed by atoms with E-state index in [4.69, 9.17) is 9.47 Å². The van der Waals surface area contributed by atoms with Crippen LogP contribution in [0, 0.1) is 13.8 Å². The number of rotatable bonds is 11. The number of hydrogen-bond acceptors (Lipinski definition) is 7. The van der Waals surface area contributed by atoms with Gasteiger partial charge >= 0.3 is 0 Å². The first-order valence-corrected chi connectivity index (χ1v) is 11.4. The van der Waals surface area contributed by atoms with Crippen LogP contribution >= 0.6 is 0 Å². The molecule has 1 aromatic heterocycles. The molecule has 8 nitrogen and oxygen atoms in total. The summed E-state index contributed by atoms with van der Waals surface area (Å²) in [6.07, 6.45) is -0.532. The first-order chi connectivity index (χ1) is 15.3. The minimum atomic E-state index is -0.532. The van der Waals surface area contributed by atoms with Crippen LogP contribution in [0.25, 0.3) is 0 Å². The molecule has 1 aliphatic rings. The summed E-state index contributed by atoms with van der Waals surface area (Å²) < 4.78 is 13.5. The Kier molecular flexibility index (Phi) is 8.92. The van der Waals surface area contributed by atoms with Crippen LogP contribution in [0.1, 0.15) is 17.0 Å². The maximum absolute atomic E-state index is 10.5. The third-order valence-electron chi connectivity index (χ3n) is 5.97. The van der Waals surface area contributed by atoms with Crippen molar-refractivity contribution in [2.45, 2.75) is 33.0 Å². The zero-order valence-corrected chi connectivity index (χ0v) is 20.3. The predicted molar refractivity (Wildman–Crippen MR) is 126 cm³/mol. The Labute approximate surface area is 192 Å². The summed E-state index contributed by atoms with van der Waals surface area (Å²) in [5.41, 5.74) is 3.38. The fourth-order valence-corrected chi connectivity index (χ4v) is 4.06. The van der Waals surface area contributed by atoms with Crippen LogP contribution in [0.5, 0.6) is 11.5 Å². The SMILES string of the molecule is COc1ccc(CN(C)CCn2nc(C)cc2C)cc1OCC(O)CN1CCN(C)CC1. The normalized spacial score (nSPS) is 16.5. The summed E-state index contributed by atoms with van der Waals surface area (Å²) in [5.74, 6) is 1.36. The van der Waals surface area contributed by atoms with Crippen molar-refractivity contribution in [3.63, 3.8) is 0 Å². The lowest BCUT2D eigenvalue weighted by Crippen LogP contribution is -2.47. The fraction of sp³-hybridized carbons (Fsp3) is 0.625. The molecular weight excluding hydrogens is 406 g/mol. The average molecular weight is 446 g/mol. The van der Waals surface area contributed by atoms with E-state index >= 15 is 0 Å². The van der Waals surface area contributed by atoms with Crippen molar-refractivity contribution in [3.05, 3.63) is 41.2 Å². The molecule has 1 fully saturated rings. The minimum absolute atomic E-state index is 0.250. The van der Waals surface area contributed by atoms with Gasteiger partial charge in [-0.05, 0) is 51.7 Å². The number of benzene rings is 1. The number of likely N-dealkylation sites (N-methyl/N-ethyl adjacent to an activating group) is 2. The van der Waals surface area contributed by atoms with Crippen molar-refractivity contribution in [2.75, 3.05) is 67.1 Å². The highest BCUT2D eigenvalue weighted by atomic mass is 16.5. The molecule has 8 heteroatoms. The second-order valence-corrected chi connectivity index (χ2v) is 8.94. The van der Waals surface area contributed by atoms with Gasteiger partial charge in [-0.3, -0.25) is 9.58 Å². The Morgan fingerprint density at radius 1 is 1.12 bits per heavy atom. The van der Waals surface area contributed by atoms with Gasteiger partial charge in [0.25, 0.3) is 0 Å². The summed E-state index contributed by atoms with van der Waals surface area (Å²) in [5, 5.41) is 15.0. The summed E-state index contributed by atoms with van der Waals surface area (Å²) >= 11 is 0. The van der Waals surface area contributed by atoms with E-state index in [2.05, 4.69) is 57.6 Å². The third kappa shape index (κ3) is 7.20. The van der Waals surface area contributed by atoms with Crippen molar-refractivity contribution in [3.8, 4) is 11.5 Å². The molecule has 0 amide bonds. The Bertz CT molecular complexity index is 848. The predicted octanol–water partition coefficient (Wildman–Crippen LogP) is 1.63. The third-order valence-corrected chi connectivity index (χ3v) is 5.97. The van der Waals surface area contributed by atoms with Gasteiger partial charge in [0.2, 0.25) is 0 Å². The summed E-state index contributed by atoms with van der Waals surface area (Å²) in [6, 6.07) is 8.12. The summed E-state index contributed by atoms with van der Waals surface area (Å²) in [6.45, 7) is 11.6. The van der Waals surface area contributed by atoms with Gasteiger partial charge in [-0.15, -0.1) is 0 Å². The molecule has 0 radical (unpaired) electrons. The second kappa shape index (κ2) is 11.7. The van der Waals surface area contributed by atoms with Crippen LogP contribution in [0.4, 0.5) is 0 Å². The molecule has 1 unspecified atom stereocenters. The molecule has 2 aromatic rings. The summed E-state index contributed by atoms with van der Waals surface area (Å²) in [4.78, 5) is 6.87. The average Bonchev–Trinajstić information content (AvgIpc) is 3.09. The number of hydrogen-bond donors (Lipinski definition) is 1. The van der Waals surface area contributed by atoms with Crippen molar-refractivity contribution >= 4 is 0 Å².